The molecule has 1 rings (SSSR count). The first-order chi connectivity index (χ1) is 9.96. The third kappa shape index (κ3) is 5.57. The van der Waals surface area contributed by atoms with Crippen LogP contribution in [0, 0.1) is 5.92 Å². The maximum absolute atomic E-state index is 12.4. The van der Waals surface area contributed by atoms with E-state index in [2.05, 4.69) is 43.2 Å². The molecule has 0 aromatic heterocycles. The monoisotopic (exact) mass is 299 g/mol. The Hall–Kier alpha value is -0.650. The van der Waals surface area contributed by atoms with Gasteiger partial charge < -0.3 is 19.9 Å². The second kappa shape index (κ2) is 8.71. The van der Waals surface area contributed by atoms with Crippen LogP contribution in [0.4, 0.5) is 0 Å². The number of carbonyl (C=O) groups is 1. The van der Waals surface area contributed by atoms with Crippen molar-refractivity contribution in [1.29, 1.82) is 0 Å². The molecule has 0 radical (unpaired) electrons. The van der Waals surface area contributed by atoms with Crippen molar-refractivity contribution >= 4 is 5.97 Å². The summed E-state index contributed by atoms with van der Waals surface area (Å²) < 4.78 is 5.12. The maximum Gasteiger partial charge on any atom is 0.327 e. The minimum Gasteiger partial charge on any atom is -0.468 e. The second-order valence-corrected chi connectivity index (χ2v) is 6.56. The highest BCUT2D eigenvalue weighted by molar-refractivity contribution is 5.82. The zero-order chi connectivity index (χ0) is 15.9. The van der Waals surface area contributed by atoms with E-state index in [4.69, 9.17) is 4.74 Å². The van der Waals surface area contributed by atoms with Gasteiger partial charge in [-0.2, -0.15) is 0 Å². The van der Waals surface area contributed by atoms with E-state index in [1.54, 1.807) is 0 Å². The zero-order valence-electron chi connectivity index (χ0n) is 14.4. The van der Waals surface area contributed by atoms with E-state index in [0.29, 0.717) is 5.92 Å². The van der Waals surface area contributed by atoms with Crippen LogP contribution in [0.2, 0.25) is 0 Å². The predicted octanol–water partition coefficient (Wildman–Crippen LogP) is 1.19. The van der Waals surface area contributed by atoms with Crippen LogP contribution in [-0.2, 0) is 9.53 Å². The zero-order valence-corrected chi connectivity index (χ0v) is 14.4. The third-order valence-corrected chi connectivity index (χ3v) is 4.18. The van der Waals surface area contributed by atoms with Gasteiger partial charge in [-0.3, -0.25) is 0 Å². The Morgan fingerprint density at radius 1 is 1.29 bits per heavy atom. The first-order valence-electron chi connectivity index (χ1n) is 8.13. The molecule has 1 aliphatic carbocycles. The molecule has 1 unspecified atom stereocenters. The highest BCUT2D eigenvalue weighted by Gasteiger charge is 2.51. The van der Waals surface area contributed by atoms with Crippen LogP contribution in [-0.4, -0.2) is 75.7 Å². The number of hydrogen-bond acceptors (Lipinski definition) is 5. The van der Waals surface area contributed by atoms with E-state index in [1.807, 2.05) is 0 Å². The summed E-state index contributed by atoms with van der Waals surface area (Å²) in [5.41, 5.74) is -0.516. The van der Waals surface area contributed by atoms with Gasteiger partial charge in [0.15, 0.2) is 0 Å². The number of carbonyl (C=O) groups excluding carboxylic acids is 1. The molecule has 0 aliphatic heterocycles. The van der Waals surface area contributed by atoms with Crippen molar-refractivity contribution in [2.45, 2.75) is 38.1 Å². The average molecular weight is 299 g/mol. The van der Waals surface area contributed by atoms with Gasteiger partial charge in [-0.15, -0.1) is 0 Å². The Balaban J connectivity index is 2.64. The quantitative estimate of drug-likeness (QED) is 0.581. The van der Waals surface area contributed by atoms with Gasteiger partial charge in [-0.05, 0) is 72.4 Å². The molecule has 0 aromatic carbocycles. The molecule has 1 fully saturated rings. The number of methoxy groups -OCH3 is 1. The van der Waals surface area contributed by atoms with Gasteiger partial charge in [0.05, 0.1) is 7.11 Å². The SMILES string of the molecule is CCCNC(CN(C)CCCN(C)C)(C(=O)OC)C1CC1. The van der Waals surface area contributed by atoms with Crippen LogP contribution in [0.15, 0.2) is 0 Å². The molecule has 0 heterocycles. The Morgan fingerprint density at radius 3 is 2.43 bits per heavy atom. The lowest BCUT2D eigenvalue weighted by atomic mass is 9.92. The highest BCUT2D eigenvalue weighted by atomic mass is 16.5. The Bertz CT molecular complexity index is 319. The van der Waals surface area contributed by atoms with Gasteiger partial charge in [0.2, 0.25) is 0 Å². The molecule has 5 nitrogen and oxygen atoms in total. The molecular weight excluding hydrogens is 266 g/mol. The number of likely N-dealkylation sites (N-methyl/N-ethyl adjacent to an activating group) is 1. The summed E-state index contributed by atoms with van der Waals surface area (Å²) in [6, 6.07) is 0. The number of rotatable bonds is 11. The lowest BCUT2D eigenvalue weighted by Crippen LogP contribution is -2.61. The summed E-state index contributed by atoms with van der Waals surface area (Å²) in [5, 5.41) is 3.50. The third-order valence-electron chi connectivity index (χ3n) is 4.18. The Labute approximate surface area is 130 Å². The predicted molar refractivity (Wildman–Crippen MR) is 86.4 cm³/mol. The average Bonchev–Trinajstić information content (AvgIpc) is 3.27. The van der Waals surface area contributed by atoms with E-state index in [0.717, 1.165) is 51.9 Å². The van der Waals surface area contributed by atoms with E-state index in [9.17, 15) is 4.79 Å². The van der Waals surface area contributed by atoms with E-state index < -0.39 is 5.54 Å². The molecule has 21 heavy (non-hydrogen) atoms. The topological polar surface area (TPSA) is 44.8 Å². The van der Waals surface area contributed by atoms with Gasteiger partial charge in [0.1, 0.15) is 5.54 Å². The number of esters is 1. The summed E-state index contributed by atoms with van der Waals surface area (Å²) in [7, 11) is 7.78. The largest absolute Gasteiger partial charge is 0.468 e. The number of nitrogens with one attached hydrogen (secondary N) is 1. The van der Waals surface area contributed by atoms with E-state index in [-0.39, 0.29) is 5.97 Å². The minimum absolute atomic E-state index is 0.0992. The normalized spacial score (nSPS) is 18.0. The smallest absolute Gasteiger partial charge is 0.327 e. The lowest BCUT2D eigenvalue weighted by molar-refractivity contribution is -0.150. The van der Waals surface area contributed by atoms with E-state index in [1.165, 1.54) is 7.11 Å². The molecule has 0 amide bonds. The highest BCUT2D eigenvalue weighted by Crippen LogP contribution is 2.41. The molecule has 124 valence electrons. The Morgan fingerprint density at radius 2 is 1.95 bits per heavy atom. The summed E-state index contributed by atoms with van der Waals surface area (Å²) in [5.74, 6) is 0.325. The number of hydrogen-bond donors (Lipinski definition) is 1. The number of ether oxygens (including phenoxy) is 1. The van der Waals surface area contributed by atoms with Crippen molar-refractivity contribution in [2.24, 2.45) is 5.92 Å². The summed E-state index contributed by atoms with van der Waals surface area (Å²) in [6.07, 6.45) is 4.38. The molecule has 0 saturated heterocycles. The summed E-state index contributed by atoms with van der Waals surface area (Å²) >= 11 is 0. The van der Waals surface area contributed by atoms with Crippen LogP contribution in [0.5, 0.6) is 0 Å². The molecule has 5 heteroatoms. The van der Waals surface area contributed by atoms with Gasteiger partial charge in [-0.25, -0.2) is 4.79 Å². The molecule has 0 bridgehead atoms. The lowest BCUT2D eigenvalue weighted by Gasteiger charge is -2.36. The molecule has 1 atom stereocenters. The van der Waals surface area contributed by atoms with Gasteiger partial charge in [0, 0.05) is 6.54 Å². The van der Waals surface area contributed by atoms with Crippen molar-refractivity contribution in [3.05, 3.63) is 0 Å². The van der Waals surface area contributed by atoms with Crippen molar-refractivity contribution in [2.75, 3.05) is 54.4 Å². The molecule has 0 aromatic rings. The minimum atomic E-state index is -0.516. The molecule has 1 aliphatic rings. The molecule has 0 spiro atoms. The maximum atomic E-state index is 12.4. The summed E-state index contributed by atoms with van der Waals surface area (Å²) in [4.78, 5) is 16.9. The van der Waals surface area contributed by atoms with Crippen molar-refractivity contribution < 1.29 is 9.53 Å². The first kappa shape index (κ1) is 18.4. The van der Waals surface area contributed by atoms with Crippen molar-refractivity contribution in [3.63, 3.8) is 0 Å². The summed E-state index contributed by atoms with van der Waals surface area (Å²) in [6.45, 7) is 5.79. The fourth-order valence-corrected chi connectivity index (χ4v) is 2.90. The van der Waals surface area contributed by atoms with Gasteiger partial charge in [-0.1, -0.05) is 6.92 Å². The van der Waals surface area contributed by atoms with Crippen LogP contribution < -0.4 is 5.32 Å². The second-order valence-electron chi connectivity index (χ2n) is 6.56. The fraction of sp³-hybridized carbons (Fsp3) is 0.938. The standard InChI is InChI=1S/C16H33N3O2/c1-6-10-17-16(14-8-9-14,15(20)21-5)13-19(4)12-7-11-18(2)3/h14,17H,6-13H2,1-5H3. The van der Waals surface area contributed by atoms with Crippen LogP contribution in [0.25, 0.3) is 0 Å². The van der Waals surface area contributed by atoms with Gasteiger partial charge in [0.25, 0.3) is 0 Å². The van der Waals surface area contributed by atoms with E-state index >= 15 is 0 Å². The van der Waals surface area contributed by atoms with Crippen LogP contribution in [0.1, 0.15) is 32.6 Å². The van der Waals surface area contributed by atoms with Crippen molar-refractivity contribution in [3.8, 4) is 0 Å². The van der Waals surface area contributed by atoms with Crippen LogP contribution in [0.3, 0.4) is 0 Å². The molecule has 1 N–H and O–H groups in total. The fourth-order valence-electron chi connectivity index (χ4n) is 2.90. The molecular formula is C16H33N3O2. The van der Waals surface area contributed by atoms with Crippen LogP contribution >= 0.6 is 0 Å². The first-order valence-corrected chi connectivity index (χ1v) is 8.13. The number of nitrogens with zero attached hydrogens (tertiary/aromatic N) is 2. The van der Waals surface area contributed by atoms with Crippen molar-refractivity contribution in [1.82, 2.24) is 15.1 Å². The Kier molecular flexibility index (Phi) is 7.63. The molecule has 1 saturated carbocycles. The van der Waals surface area contributed by atoms with Gasteiger partial charge >= 0.3 is 5.97 Å².